The molecule has 0 aromatic heterocycles. The molecule has 0 fully saturated rings. The Morgan fingerprint density at radius 2 is 1.67 bits per heavy atom. The number of benzene rings is 1. The number of halogens is 7. The van der Waals surface area contributed by atoms with Gasteiger partial charge in [-0.1, -0.05) is 18.2 Å². The van der Waals surface area contributed by atoms with E-state index in [2.05, 4.69) is 12.3 Å². The van der Waals surface area contributed by atoms with Crippen molar-refractivity contribution in [2.24, 2.45) is 5.73 Å². The van der Waals surface area contributed by atoms with Gasteiger partial charge in [-0.05, 0) is 18.2 Å². The van der Waals surface area contributed by atoms with E-state index in [1.54, 1.807) is 6.07 Å². The van der Waals surface area contributed by atoms with Gasteiger partial charge in [-0.15, -0.1) is 11.8 Å². The number of hydrogen-bond acceptors (Lipinski definition) is 3. The third-order valence-corrected chi connectivity index (χ3v) is 3.27. The fourth-order valence-corrected chi connectivity index (χ4v) is 1.82. The molecule has 0 saturated carbocycles. The number of allylic oxidation sites excluding steroid dienone is 1. The first kappa shape index (κ1) is 19.8. The lowest BCUT2D eigenvalue weighted by Gasteiger charge is -2.07. The maximum atomic E-state index is 11.9. The molecule has 0 unspecified atom stereocenters. The first-order valence-electron chi connectivity index (χ1n) is 5.09. The van der Waals surface area contributed by atoms with Crippen LogP contribution in [0.4, 0.5) is 32.0 Å². The normalized spacial score (nSPS) is 11.6. The van der Waals surface area contributed by atoms with Gasteiger partial charge in [-0.2, -0.15) is 26.3 Å². The van der Waals surface area contributed by atoms with Crippen LogP contribution in [0.3, 0.4) is 0 Å². The van der Waals surface area contributed by atoms with Crippen LogP contribution in [0.25, 0.3) is 0 Å². The minimum absolute atomic E-state index is 0.286. The van der Waals surface area contributed by atoms with Gasteiger partial charge in [-0.3, -0.25) is 0 Å². The second-order valence-electron chi connectivity index (χ2n) is 3.62. The van der Waals surface area contributed by atoms with Gasteiger partial charge in [-0.25, -0.2) is 0 Å². The minimum atomic E-state index is -4.42. The summed E-state index contributed by atoms with van der Waals surface area (Å²) in [5.41, 5.74) is 8.81. The fourth-order valence-electron chi connectivity index (χ4n) is 0.790. The predicted molar refractivity (Wildman–Crippen MR) is 72.0 cm³/mol. The maximum Gasteiger partial charge on any atom is 0.430 e. The van der Waals surface area contributed by atoms with Gasteiger partial charge in [0, 0.05) is 10.6 Å². The van der Waals surface area contributed by atoms with Crippen LogP contribution in [0.15, 0.2) is 35.4 Å². The molecular formula is C11H11ClF6N2S. The van der Waals surface area contributed by atoms with E-state index < -0.39 is 23.8 Å². The summed E-state index contributed by atoms with van der Waals surface area (Å²) in [7, 11) is 0. The van der Waals surface area contributed by atoms with Crippen molar-refractivity contribution >= 4 is 29.1 Å². The van der Waals surface area contributed by atoms with Crippen LogP contribution in [0, 0.1) is 0 Å². The van der Waals surface area contributed by atoms with Crippen LogP contribution in [-0.2, 0) is 0 Å². The Labute approximate surface area is 126 Å². The number of nitrogen functional groups attached to an aromatic ring is 1. The largest absolute Gasteiger partial charge is 0.430 e. The molecule has 0 radical (unpaired) electrons. The van der Waals surface area contributed by atoms with Crippen LogP contribution < -0.4 is 11.5 Å². The van der Waals surface area contributed by atoms with Crippen molar-refractivity contribution in [3.63, 3.8) is 0 Å². The second kappa shape index (κ2) is 7.69. The SMILES string of the molecule is C=C(N)C(F)(F)F.Nc1ccc(Cl)c(SCC(F)(F)F)c1. The van der Waals surface area contributed by atoms with Crippen molar-refractivity contribution in [1.29, 1.82) is 0 Å². The number of alkyl halides is 6. The molecule has 10 heteroatoms. The van der Waals surface area contributed by atoms with E-state index >= 15 is 0 Å². The Bertz CT molecular complexity index is 487. The van der Waals surface area contributed by atoms with Crippen molar-refractivity contribution in [1.82, 2.24) is 0 Å². The number of rotatable bonds is 2. The number of thioether (sulfide) groups is 1. The standard InChI is InChI=1S/C8H7ClF3NS.C3H4F3N/c9-6-2-1-5(13)3-7(6)14-4-8(10,11)12;1-2(7)3(4,5)6/h1-3H,4,13H2;1,7H2. The summed E-state index contributed by atoms with van der Waals surface area (Å²) >= 11 is 6.31. The molecule has 1 rings (SSSR count). The Kier molecular flexibility index (Phi) is 7.25. The van der Waals surface area contributed by atoms with Crippen LogP contribution in [0.2, 0.25) is 5.02 Å². The van der Waals surface area contributed by atoms with E-state index in [1.807, 2.05) is 0 Å². The van der Waals surface area contributed by atoms with E-state index in [-0.39, 0.29) is 5.02 Å². The van der Waals surface area contributed by atoms with Crippen molar-refractivity contribution in [2.75, 3.05) is 11.5 Å². The zero-order chi connectivity index (χ0) is 16.8. The molecule has 0 aliphatic heterocycles. The number of anilines is 1. The zero-order valence-corrected chi connectivity index (χ0v) is 11.9. The van der Waals surface area contributed by atoms with Gasteiger partial charge < -0.3 is 11.5 Å². The zero-order valence-electron chi connectivity index (χ0n) is 10.4. The Balaban J connectivity index is 0.000000486. The summed E-state index contributed by atoms with van der Waals surface area (Å²) in [4.78, 5) is 0.351. The maximum absolute atomic E-state index is 11.9. The Morgan fingerprint density at radius 1 is 1.19 bits per heavy atom. The molecule has 0 aliphatic rings. The van der Waals surface area contributed by atoms with Gasteiger partial charge in [0.05, 0.1) is 10.8 Å². The van der Waals surface area contributed by atoms with Crippen molar-refractivity contribution < 1.29 is 26.3 Å². The van der Waals surface area contributed by atoms with Gasteiger partial charge in [0.25, 0.3) is 0 Å². The van der Waals surface area contributed by atoms with Crippen LogP contribution in [0.1, 0.15) is 0 Å². The molecule has 0 heterocycles. The van der Waals surface area contributed by atoms with Gasteiger partial charge >= 0.3 is 12.4 Å². The highest BCUT2D eigenvalue weighted by molar-refractivity contribution is 7.99. The highest BCUT2D eigenvalue weighted by atomic mass is 35.5. The van der Waals surface area contributed by atoms with Gasteiger partial charge in [0.1, 0.15) is 5.70 Å². The molecule has 0 aliphatic carbocycles. The quantitative estimate of drug-likeness (QED) is 0.465. The van der Waals surface area contributed by atoms with Crippen LogP contribution in [-0.4, -0.2) is 18.1 Å². The number of nitrogens with two attached hydrogens (primary N) is 2. The van der Waals surface area contributed by atoms with E-state index in [1.165, 1.54) is 12.1 Å². The molecular weight excluding hydrogens is 342 g/mol. The fraction of sp³-hybridized carbons (Fsp3) is 0.273. The summed E-state index contributed by atoms with van der Waals surface area (Å²) in [6.45, 7) is 2.48. The molecule has 0 saturated heterocycles. The molecule has 0 spiro atoms. The topological polar surface area (TPSA) is 52.0 Å². The summed E-state index contributed by atoms with van der Waals surface area (Å²) in [5, 5.41) is 0.286. The minimum Gasteiger partial charge on any atom is -0.399 e. The Morgan fingerprint density at radius 3 is 2.05 bits per heavy atom. The molecule has 0 atom stereocenters. The molecule has 21 heavy (non-hydrogen) atoms. The van der Waals surface area contributed by atoms with Crippen molar-refractivity contribution in [3.05, 3.63) is 35.5 Å². The second-order valence-corrected chi connectivity index (χ2v) is 5.04. The van der Waals surface area contributed by atoms with Crippen molar-refractivity contribution in [3.8, 4) is 0 Å². The lowest BCUT2D eigenvalue weighted by molar-refractivity contribution is -0.105. The molecule has 2 nitrogen and oxygen atoms in total. The van der Waals surface area contributed by atoms with E-state index in [0.29, 0.717) is 22.3 Å². The van der Waals surface area contributed by atoms with Gasteiger partial charge in [0.2, 0.25) is 0 Å². The smallest absolute Gasteiger partial charge is 0.399 e. The molecule has 1 aromatic carbocycles. The van der Waals surface area contributed by atoms with E-state index in [9.17, 15) is 26.3 Å². The van der Waals surface area contributed by atoms with Gasteiger partial charge in [0.15, 0.2) is 0 Å². The third kappa shape index (κ3) is 9.35. The molecule has 120 valence electrons. The molecule has 1 aromatic rings. The Hall–Kier alpha value is -1.22. The summed E-state index contributed by atoms with van der Waals surface area (Å²) in [6, 6.07) is 4.45. The predicted octanol–water partition coefficient (Wildman–Crippen LogP) is 4.60. The molecule has 0 amide bonds. The molecule has 4 N–H and O–H groups in total. The van der Waals surface area contributed by atoms with Crippen molar-refractivity contribution in [2.45, 2.75) is 17.2 Å². The molecule has 0 bridgehead atoms. The summed E-state index contributed by atoms with van der Waals surface area (Å²) in [6.07, 6.45) is -8.61. The lowest BCUT2D eigenvalue weighted by atomic mass is 10.3. The summed E-state index contributed by atoms with van der Waals surface area (Å²) < 4.78 is 68.5. The van der Waals surface area contributed by atoms with E-state index in [0.717, 1.165) is 0 Å². The summed E-state index contributed by atoms with van der Waals surface area (Å²) in [5.74, 6) is -0.962. The van der Waals surface area contributed by atoms with Crippen LogP contribution in [0.5, 0.6) is 0 Å². The third-order valence-electron chi connectivity index (χ3n) is 1.71. The first-order valence-corrected chi connectivity index (χ1v) is 6.45. The van der Waals surface area contributed by atoms with E-state index in [4.69, 9.17) is 17.3 Å². The average Bonchev–Trinajstić information content (AvgIpc) is 2.29. The van der Waals surface area contributed by atoms with Crippen LogP contribution >= 0.6 is 23.4 Å². The monoisotopic (exact) mass is 352 g/mol. The average molecular weight is 353 g/mol. The number of hydrogen-bond donors (Lipinski definition) is 2. The highest BCUT2D eigenvalue weighted by Crippen LogP contribution is 2.33. The highest BCUT2D eigenvalue weighted by Gasteiger charge is 2.29. The lowest BCUT2D eigenvalue weighted by Crippen LogP contribution is -2.17. The first-order chi connectivity index (χ1) is 9.33.